The van der Waals surface area contributed by atoms with Crippen molar-refractivity contribution in [3.05, 3.63) is 0 Å². The fraction of sp³-hybridized carbons (Fsp3) is 1.00. The number of rotatable bonds is 8. The Morgan fingerprint density at radius 2 is 2.12 bits per heavy atom. The molecule has 1 aliphatic rings. The van der Waals surface area contributed by atoms with E-state index in [1.807, 2.05) is 0 Å². The van der Waals surface area contributed by atoms with E-state index in [4.69, 9.17) is 15.2 Å². The van der Waals surface area contributed by atoms with Gasteiger partial charge in [-0.05, 0) is 37.8 Å². The van der Waals surface area contributed by atoms with Crippen LogP contribution in [0.3, 0.4) is 0 Å². The Morgan fingerprint density at radius 1 is 1.29 bits per heavy atom. The normalized spacial score (nSPS) is 26.3. The molecule has 4 nitrogen and oxygen atoms in total. The molecule has 2 atom stereocenters. The first-order valence-corrected chi connectivity index (χ1v) is 6.77. The van der Waals surface area contributed by atoms with Crippen LogP contribution in [0.5, 0.6) is 0 Å². The molecule has 0 aromatic heterocycles. The fourth-order valence-corrected chi connectivity index (χ4v) is 2.43. The summed E-state index contributed by atoms with van der Waals surface area (Å²) in [7, 11) is 1.73. The largest absolute Gasteiger partial charge is 0.385 e. The number of piperidine rings is 1. The van der Waals surface area contributed by atoms with Gasteiger partial charge in [0.15, 0.2) is 0 Å². The van der Waals surface area contributed by atoms with Crippen molar-refractivity contribution in [2.45, 2.75) is 19.8 Å². The Kier molecular flexibility index (Phi) is 7.77. The molecule has 1 saturated heterocycles. The maximum atomic E-state index is 5.75. The van der Waals surface area contributed by atoms with Crippen LogP contribution in [0.25, 0.3) is 0 Å². The molecule has 102 valence electrons. The lowest BCUT2D eigenvalue weighted by Gasteiger charge is -2.36. The van der Waals surface area contributed by atoms with Gasteiger partial charge in [-0.25, -0.2) is 0 Å². The Bertz CT molecular complexity index is 190. The van der Waals surface area contributed by atoms with Crippen LogP contribution in [0, 0.1) is 11.8 Å². The molecule has 0 aromatic carbocycles. The van der Waals surface area contributed by atoms with E-state index in [0.717, 1.165) is 45.2 Å². The van der Waals surface area contributed by atoms with Crippen LogP contribution in [0.1, 0.15) is 19.8 Å². The van der Waals surface area contributed by atoms with Gasteiger partial charge in [-0.2, -0.15) is 0 Å². The number of ether oxygens (including phenoxy) is 2. The molecule has 0 radical (unpaired) electrons. The van der Waals surface area contributed by atoms with Gasteiger partial charge >= 0.3 is 0 Å². The lowest BCUT2D eigenvalue weighted by atomic mass is 9.87. The number of hydrogen-bond donors (Lipinski definition) is 1. The minimum absolute atomic E-state index is 0.717. The van der Waals surface area contributed by atoms with Gasteiger partial charge in [0.05, 0.1) is 6.61 Å². The molecule has 4 heteroatoms. The minimum Gasteiger partial charge on any atom is -0.385 e. The molecule has 1 rings (SSSR count). The van der Waals surface area contributed by atoms with Crippen molar-refractivity contribution < 1.29 is 9.47 Å². The maximum Gasteiger partial charge on any atom is 0.0593 e. The summed E-state index contributed by atoms with van der Waals surface area (Å²) in [5, 5.41) is 0. The van der Waals surface area contributed by atoms with E-state index in [9.17, 15) is 0 Å². The van der Waals surface area contributed by atoms with Gasteiger partial charge in [0.2, 0.25) is 0 Å². The average molecular weight is 244 g/mol. The van der Waals surface area contributed by atoms with Crippen molar-refractivity contribution in [3.8, 4) is 0 Å². The van der Waals surface area contributed by atoms with Crippen molar-refractivity contribution in [1.82, 2.24) is 4.90 Å². The van der Waals surface area contributed by atoms with E-state index in [1.54, 1.807) is 7.11 Å². The van der Waals surface area contributed by atoms with Crippen LogP contribution in [0.4, 0.5) is 0 Å². The number of hydrogen-bond acceptors (Lipinski definition) is 4. The predicted octanol–water partition coefficient (Wildman–Crippen LogP) is 0.956. The van der Waals surface area contributed by atoms with Crippen LogP contribution in [0.15, 0.2) is 0 Å². The third kappa shape index (κ3) is 5.82. The zero-order chi connectivity index (χ0) is 12.5. The highest BCUT2D eigenvalue weighted by Crippen LogP contribution is 2.21. The second-order valence-corrected chi connectivity index (χ2v) is 5.02. The molecule has 2 N–H and O–H groups in total. The Morgan fingerprint density at radius 3 is 2.76 bits per heavy atom. The van der Waals surface area contributed by atoms with Gasteiger partial charge in [-0.15, -0.1) is 0 Å². The lowest BCUT2D eigenvalue weighted by Crippen LogP contribution is -2.43. The average Bonchev–Trinajstić information content (AvgIpc) is 2.34. The topological polar surface area (TPSA) is 47.7 Å². The third-order valence-corrected chi connectivity index (χ3v) is 3.66. The first kappa shape index (κ1) is 14.9. The van der Waals surface area contributed by atoms with E-state index < -0.39 is 0 Å². The monoisotopic (exact) mass is 244 g/mol. The fourth-order valence-electron chi connectivity index (χ4n) is 2.43. The summed E-state index contributed by atoms with van der Waals surface area (Å²) in [6, 6.07) is 0. The predicted molar refractivity (Wildman–Crippen MR) is 70.1 cm³/mol. The van der Waals surface area contributed by atoms with Crippen LogP contribution in [-0.4, -0.2) is 58.0 Å². The summed E-state index contributed by atoms with van der Waals surface area (Å²) >= 11 is 0. The SMILES string of the molecule is COCCCOCCN1CCC(CN)C(C)C1. The standard InChI is InChI=1S/C13H28N2O2/c1-12-11-15(5-4-13(12)10-14)6-9-17-8-3-7-16-2/h12-13H,3-11,14H2,1-2H3. The summed E-state index contributed by atoms with van der Waals surface area (Å²) in [5.41, 5.74) is 5.75. The zero-order valence-electron chi connectivity index (χ0n) is 11.4. The lowest BCUT2D eigenvalue weighted by molar-refractivity contribution is 0.0624. The molecule has 0 bridgehead atoms. The molecular formula is C13H28N2O2. The van der Waals surface area contributed by atoms with Crippen LogP contribution in [0.2, 0.25) is 0 Å². The van der Waals surface area contributed by atoms with E-state index in [0.29, 0.717) is 5.92 Å². The van der Waals surface area contributed by atoms with Crippen molar-refractivity contribution in [2.75, 3.05) is 53.1 Å². The van der Waals surface area contributed by atoms with Crippen molar-refractivity contribution in [1.29, 1.82) is 0 Å². The molecule has 0 aromatic rings. The van der Waals surface area contributed by atoms with Crippen LogP contribution < -0.4 is 5.73 Å². The second-order valence-electron chi connectivity index (χ2n) is 5.02. The van der Waals surface area contributed by atoms with Crippen LogP contribution >= 0.6 is 0 Å². The highest BCUT2D eigenvalue weighted by molar-refractivity contribution is 4.78. The molecule has 0 amide bonds. The first-order chi connectivity index (χ1) is 8.27. The summed E-state index contributed by atoms with van der Waals surface area (Å²) in [4.78, 5) is 2.49. The Balaban J connectivity index is 2.01. The molecule has 17 heavy (non-hydrogen) atoms. The Labute approximate surface area is 105 Å². The molecule has 1 heterocycles. The van der Waals surface area contributed by atoms with Crippen LogP contribution in [-0.2, 0) is 9.47 Å². The van der Waals surface area contributed by atoms with E-state index in [2.05, 4.69) is 11.8 Å². The maximum absolute atomic E-state index is 5.75. The molecular weight excluding hydrogens is 216 g/mol. The second kappa shape index (κ2) is 8.86. The highest BCUT2D eigenvalue weighted by Gasteiger charge is 2.24. The number of likely N-dealkylation sites (tertiary alicyclic amines) is 1. The molecule has 0 aliphatic carbocycles. The van der Waals surface area contributed by atoms with Gasteiger partial charge in [0.1, 0.15) is 0 Å². The molecule has 1 aliphatic heterocycles. The minimum atomic E-state index is 0.717. The van der Waals surface area contributed by atoms with E-state index in [-0.39, 0.29) is 0 Å². The van der Waals surface area contributed by atoms with Gasteiger partial charge in [-0.3, -0.25) is 0 Å². The molecule has 0 saturated carbocycles. The number of nitrogens with zero attached hydrogens (tertiary/aromatic N) is 1. The first-order valence-electron chi connectivity index (χ1n) is 6.77. The third-order valence-electron chi connectivity index (χ3n) is 3.66. The van der Waals surface area contributed by atoms with Crippen molar-refractivity contribution in [3.63, 3.8) is 0 Å². The van der Waals surface area contributed by atoms with E-state index >= 15 is 0 Å². The smallest absolute Gasteiger partial charge is 0.0593 e. The zero-order valence-corrected chi connectivity index (χ0v) is 11.4. The quantitative estimate of drug-likeness (QED) is 0.646. The number of methoxy groups -OCH3 is 1. The van der Waals surface area contributed by atoms with Gasteiger partial charge in [-0.1, -0.05) is 6.92 Å². The summed E-state index contributed by atoms with van der Waals surface area (Å²) in [5.74, 6) is 1.44. The highest BCUT2D eigenvalue weighted by atomic mass is 16.5. The van der Waals surface area contributed by atoms with Gasteiger partial charge in [0, 0.05) is 33.4 Å². The molecule has 1 fully saturated rings. The summed E-state index contributed by atoms with van der Waals surface area (Å²) < 4.78 is 10.6. The molecule has 2 unspecified atom stereocenters. The summed E-state index contributed by atoms with van der Waals surface area (Å²) in [6.07, 6.45) is 2.23. The van der Waals surface area contributed by atoms with Gasteiger partial charge in [0.25, 0.3) is 0 Å². The number of nitrogens with two attached hydrogens (primary N) is 1. The summed E-state index contributed by atoms with van der Waals surface area (Å²) in [6.45, 7) is 8.97. The van der Waals surface area contributed by atoms with Gasteiger partial charge < -0.3 is 20.1 Å². The van der Waals surface area contributed by atoms with E-state index in [1.165, 1.54) is 19.5 Å². The molecule has 0 spiro atoms. The Hall–Kier alpha value is -0.160. The van der Waals surface area contributed by atoms with Crippen molar-refractivity contribution >= 4 is 0 Å². The van der Waals surface area contributed by atoms with Crippen molar-refractivity contribution in [2.24, 2.45) is 17.6 Å².